The minimum Gasteiger partial charge on any atom is -0.493 e. The lowest BCUT2D eigenvalue weighted by Gasteiger charge is -2.16. The molecule has 0 saturated carbocycles. The molecule has 2 rings (SSSR count). The van der Waals surface area contributed by atoms with E-state index in [1.807, 2.05) is 0 Å². The molecule has 112 valence electrons. The summed E-state index contributed by atoms with van der Waals surface area (Å²) in [6.07, 6.45) is 1.43. The lowest BCUT2D eigenvalue weighted by molar-refractivity contribution is 0.355. The number of ether oxygens (including phenoxy) is 2. The molecule has 1 aromatic carbocycles. The molecule has 0 spiro atoms. The summed E-state index contributed by atoms with van der Waals surface area (Å²) in [4.78, 5) is 0. The van der Waals surface area contributed by atoms with Gasteiger partial charge in [-0.2, -0.15) is 0 Å². The summed E-state index contributed by atoms with van der Waals surface area (Å²) >= 11 is 0. The van der Waals surface area contributed by atoms with Crippen molar-refractivity contribution in [3.8, 4) is 11.5 Å². The Labute approximate surface area is 119 Å². The van der Waals surface area contributed by atoms with Crippen LogP contribution in [0.3, 0.4) is 0 Å². The molecular formula is C13H20N2O4S. The molecule has 0 bridgehead atoms. The van der Waals surface area contributed by atoms with Gasteiger partial charge in [0.25, 0.3) is 0 Å². The molecule has 1 atom stereocenters. The molecule has 6 nitrogen and oxygen atoms in total. The van der Waals surface area contributed by atoms with E-state index in [1.165, 1.54) is 7.11 Å². The summed E-state index contributed by atoms with van der Waals surface area (Å²) in [5.74, 6) is 1.38. The zero-order valence-corrected chi connectivity index (χ0v) is 12.5. The number of anilines is 2. The second kappa shape index (κ2) is 5.78. The molecule has 1 aliphatic rings. The fourth-order valence-corrected chi connectivity index (χ4v) is 4.12. The van der Waals surface area contributed by atoms with Crippen molar-refractivity contribution in [2.24, 2.45) is 0 Å². The van der Waals surface area contributed by atoms with Crippen LogP contribution in [-0.2, 0) is 9.84 Å². The highest BCUT2D eigenvalue weighted by Gasteiger charge is 2.31. The molecule has 1 unspecified atom stereocenters. The summed E-state index contributed by atoms with van der Waals surface area (Å²) < 4.78 is 33.9. The van der Waals surface area contributed by atoms with Crippen LogP contribution in [0, 0.1) is 0 Å². The summed E-state index contributed by atoms with van der Waals surface area (Å²) in [5, 5.41) is 2.76. The number of nitrogens with two attached hydrogens (primary N) is 1. The van der Waals surface area contributed by atoms with Gasteiger partial charge in [-0.3, -0.25) is 0 Å². The smallest absolute Gasteiger partial charge is 0.162 e. The van der Waals surface area contributed by atoms with Gasteiger partial charge in [0.1, 0.15) is 0 Å². The molecule has 20 heavy (non-hydrogen) atoms. The zero-order chi connectivity index (χ0) is 14.8. The topological polar surface area (TPSA) is 90.6 Å². The molecule has 1 aromatic rings. The van der Waals surface area contributed by atoms with Crippen molar-refractivity contribution in [1.29, 1.82) is 0 Å². The van der Waals surface area contributed by atoms with E-state index >= 15 is 0 Å². The molecule has 0 amide bonds. The number of benzene rings is 1. The Balaban J connectivity index is 2.13. The van der Waals surface area contributed by atoms with Gasteiger partial charge in [-0.25, -0.2) is 8.42 Å². The van der Waals surface area contributed by atoms with Crippen molar-refractivity contribution in [3.05, 3.63) is 12.1 Å². The maximum absolute atomic E-state index is 11.8. The summed E-state index contributed by atoms with van der Waals surface area (Å²) in [7, 11) is 0.120. The molecular weight excluding hydrogens is 280 g/mol. The third-order valence-electron chi connectivity index (χ3n) is 3.54. The number of methoxy groups -OCH3 is 2. The first-order valence-corrected chi connectivity index (χ1v) is 8.16. The third kappa shape index (κ3) is 2.92. The zero-order valence-electron chi connectivity index (χ0n) is 11.7. The highest BCUT2D eigenvalue weighted by Crippen LogP contribution is 2.35. The van der Waals surface area contributed by atoms with Gasteiger partial charge in [0, 0.05) is 18.7 Å². The van der Waals surface area contributed by atoms with E-state index in [9.17, 15) is 8.42 Å². The fourth-order valence-electron chi connectivity index (χ4n) is 2.36. The summed E-state index contributed by atoms with van der Waals surface area (Å²) in [5.41, 5.74) is 7.08. The summed E-state index contributed by atoms with van der Waals surface area (Å²) in [6.45, 7) is 0.363. The van der Waals surface area contributed by atoms with Crippen molar-refractivity contribution in [3.63, 3.8) is 0 Å². The first-order valence-electron chi connectivity index (χ1n) is 6.45. The van der Waals surface area contributed by atoms with Crippen LogP contribution in [-0.4, -0.2) is 40.2 Å². The first kappa shape index (κ1) is 14.8. The highest BCUT2D eigenvalue weighted by molar-refractivity contribution is 7.92. The Bertz CT molecular complexity index is 586. The van der Waals surface area contributed by atoms with E-state index in [2.05, 4.69) is 5.32 Å². The van der Waals surface area contributed by atoms with Crippen LogP contribution >= 0.6 is 0 Å². The highest BCUT2D eigenvalue weighted by atomic mass is 32.2. The average molecular weight is 300 g/mol. The van der Waals surface area contributed by atoms with Crippen LogP contribution in [0.1, 0.15) is 12.8 Å². The minimum atomic E-state index is -2.96. The molecule has 0 radical (unpaired) electrons. The molecule has 1 saturated heterocycles. The van der Waals surface area contributed by atoms with Crippen LogP contribution < -0.4 is 20.5 Å². The molecule has 1 heterocycles. The molecule has 7 heteroatoms. The Morgan fingerprint density at radius 1 is 1.30 bits per heavy atom. The number of sulfone groups is 1. The SMILES string of the molecule is COc1cc(N)c(NCC2CCCS2(=O)=O)cc1OC. The normalized spacial score (nSPS) is 20.6. The van der Waals surface area contributed by atoms with Crippen molar-refractivity contribution in [1.82, 2.24) is 0 Å². The Kier molecular flexibility index (Phi) is 4.27. The molecule has 0 aromatic heterocycles. The van der Waals surface area contributed by atoms with Crippen molar-refractivity contribution in [2.45, 2.75) is 18.1 Å². The second-order valence-electron chi connectivity index (χ2n) is 4.81. The van der Waals surface area contributed by atoms with Gasteiger partial charge < -0.3 is 20.5 Å². The van der Waals surface area contributed by atoms with Gasteiger partial charge in [-0.15, -0.1) is 0 Å². The van der Waals surface area contributed by atoms with Gasteiger partial charge in [0.2, 0.25) is 0 Å². The van der Waals surface area contributed by atoms with Crippen molar-refractivity contribution in [2.75, 3.05) is 37.6 Å². The predicted octanol–water partition coefficient (Wildman–Crippen LogP) is 1.28. The molecule has 1 aliphatic heterocycles. The standard InChI is InChI=1S/C13H20N2O4S/c1-18-12-6-10(14)11(7-13(12)19-2)15-8-9-4-3-5-20(9,16)17/h6-7,9,15H,3-5,8,14H2,1-2H3. The van der Waals surface area contributed by atoms with Crippen LogP contribution in [0.25, 0.3) is 0 Å². The maximum atomic E-state index is 11.8. The van der Waals surface area contributed by atoms with E-state index < -0.39 is 9.84 Å². The van der Waals surface area contributed by atoms with Gasteiger partial charge >= 0.3 is 0 Å². The monoisotopic (exact) mass is 300 g/mol. The van der Waals surface area contributed by atoms with Crippen LogP contribution in [0.2, 0.25) is 0 Å². The fraction of sp³-hybridized carbons (Fsp3) is 0.538. The van der Waals surface area contributed by atoms with Gasteiger partial charge in [-0.1, -0.05) is 0 Å². The van der Waals surface area contributed by atoms with Crippen molar-refractivity contribution >= 4 is 21.2 Å². The van der Waals surface area contributed by atoms with E-state index in [0.717, 1.165) is 6.42 Å². The predicted molar refractivity (Wildman–Crippen MR) is 79.3 cm³/mol. The number of nitrogens with one attached hydrogen (secondary N) is 1. The van der Waals surface area contributed by atoms with E-state index in [0.29, 0.717) is 35.8 Å². The van der Waals surface area contributed by atoms with E-state index in [1.54, 1.807) is 19.2 Å². The Morgan fingerprint density at radius 2 is 1.95 bits per heavy atom. The van der Waals surface area contributed by atoms with E-state index in [-0.39, 0.29) is 11.0 Å². The minimum absolute atomic E-state index is 0.279. The lowest BCUT2D eigenvalue weighted by Crippen LogP contribution is -2.25. The van der Waals surface area contributed by atoms with E-state index in [4.69, 9.17) is 15.2 Å². The number of nitrogen functional groups attached to an aromatic ring is 1. The number of rotatable bonds is 5. The number of hydrogen-bond acceptors (Lipinski definition) is 6. The number of hydrogen-bond donors (Lipinski definition) is 2. The Hall–Kier alpha value is -1.63. The maximum Gasteiger partial charge on any atom is 0.162 e. The molecule has 3 N–H and O–H groups in total. The van der Waals surface area contributed by atoms with Crippen LogP contribution in [0.5, 0.6) is 11.5 Å². The Morgan fingerprint density at radius 3 is 2.50 bits per heavy atom. The molecule has 0 aliphatic carbocycles. The average Bonchev–Trinajstić information content (AvgIpc) is 2.76. The van der Waals surface area contributed by atoms with Gasteiger partial charge in [0.15, 0.2) is 21.3 Å². The quantitative estimate of drug-likeness (QED) is 0.796. The molecule has 1 fully saturated rings. The third-order valence-corrected chi connectivity index (χ3v) is 5.81. The largest absolute Gasteiger partial charge is 0.493 e. The second-order valence-corrected chi connectivity index (χ2v) is 7.21. The van der Waals surface area contributed by atoms with Crippen LogP contribution in [0.4, 0.5) is 11.4 Å². The summed E-state index contributed by atoms with van der Waals surface area (Å²) in [6, 6.07) is 3.38. The lowest BCUT2D eigenvalue weighted by atomic mass is 10.2. The first-order chi connectivity index (χ1) is 9.47. The van der Waals surface area contributed by atoms with Gasteiger partial charge in [-0.05, 0) is 12.8 Å². The van der Waals surface area contributed by atoms with Gasteiger partial charge in [0.05, 0.1) is 36.6 Å². The van der Waals surface area contributed by atoms with Crippen molar-refractivity contribution < 1.29 is 17.9 Å². The van der Waals surface area contributed by atoms with Crippen LogP contribution in [0.15, 0.2) is 12.1 Å².